The second-order valence-electron chi connectivity index (χ2n) is 7.62. The van der Waals surface area contributed by atoms with E-state index in [0.29, 0.717) is 17.4 Å². The molecule has 1 saturated carbocycles. The van der Waals surface area contributed by atoms with Gasteiger partial charge in [-0.3, -0.25) is 0 Å². The van der Waals surface area contributed by atoms with Crippen molar-refractivity contribution in [1.82, 2.24) is 9.80 Å². The lowest BCUT2D eigenvalue weighted by atomic mass is 9.66. The fourth-order valence-electron chi connectivity index (χ4n) is 3.59. The Balaban J connectivity index is 2.64. The van der Waals surface area contributed by atoms with Gasteiger partial charge in [0.05, 0.1) is 6.10 Å². The van der Waals surface area contributed by atoms with Crippen LogP contribution in [0.4, 0.5) is 0 Å². The van der Waals surface area contributed by atoms with Crippen LogP contribution in [0.5, 0.6) is 0 Å². The van der Waals surface area contributed by atoms with Gasteiger partial charge in [-0.05, 0) is 71.2 Å². The zero-order valence-corrected chi connectivity index (χ0v) is 14.5. The number of aliphatic hydroxyl groups excluding tert-OH is 1. The summed E-state index contributed by atoms with van der Waals surface area (Å²) in [4.78, 5) is 4.75. The van der Waals surface area contributed by atoms with Crippen molar-refractivity contribution in [2.75, 3.05) is 34.2 Å². The van der Waals surface area contributed by atoms with Gasteiger partial charge >= 0.3 is 0 Å². The summed E-state index contributed by atoms with van der Waals surface area (Å²) in [6.45, 7) is 9.37. The quantitative estimate of drug-likeness (QED) is 0.779. The molecular weight excluding hydrogens is 248 g/mol. The van der Waals surface area contributed by atoms with Crippen LogP contribution >= 0.6 is 0 Å². The SMILES string of the molecule is CCC(C)(C)C1CCC(O)CC1N(C)CCCN(C)C. The average molecular weight is 284 g/mol. The van der Waals surface area contributed by atoms with Crippen molar-refractivity contribution in [2.24, 2.45) is 11.3 Å². The molecule has 3 nitrogen and oxygen atoms in total. The van der Waals surface area contributed by atoms with Gasteiger partial charge in [-0.1, -0.05) is 27.2 Å². The third kappa shape index (κ3) is 5.01. The van der Waals surface area contributed by atoms with Crippen LogP contribution in [0.15, 0.2) is 0 Å². The molecule has 0 spiro atoms. The van der Waals surface area contributed by atoms with Crippen LogP contribution < -0.4 is 0 Å². The van der Waals surface area contributed by atoms with Crippen molar-refractivity contribution < 1.29 is 5.11 Å². The Morgan fingerprint density at radius 1 is 1.10 bits per heavy atom. The first-order valence-corrected chi connectivity index (χ1v) is 8.31. The molecule has 0 aromatic rings. The molecule has 0 radical (unpaired) electrons. The van der Waals surface area contributed by atoms with E-state index in [1.165, 1.54) is 19.3 Å². The molecule has 120 valence electrons. The number of hydrogen-bond acceptors (Lipinski definition) is 3. The van der Waals surface area contributed by atoms with Crippen LogP contribution in [0.1, 0.15) is 52.9 Å². The molecule has 20 heavy (non-hydrogen) atoms. The highest BCUT2D eigenvalue weighted by Gasteiger charge is 2.40. The molecule has 3 atom stereocenters. The van der Waals surface area contributed by atoms with E-state index in [1.807, 2.05) is 0 Å². The van der Waals surface area contributed by atoms with Crippen molar-refractivity contribution in [3.63, 3.8) is 0 Å². The molecule has 0 aliphatic heterocycles. The maximum atomic E-state index is 10.1. The lowest BCUT2D eigenvalue weighted by Gasteiger charge is -2.47. The third-order valence-electron chi connectivity index (χ3n) is 5.39. The molecular formula is C17H36N2O. The Kier molecular flexibility index (Phi) is 6.96. The molecule has 1 N–H and O–H groups in total. The van der Waals surface area contributed by atoms with Gasteiger partial charge in [0.15, 0.2) is 0 Å². The maximum absolute atomic E-state index is 10.1. The Morgan fingerprint density at radius 2 is 1.75 bits per heavy atom. The summed E-state index contributed by atoms with van der Waals surface area (Å²) in [5.74, 6) is 0.709. The van der Waals surface area contributed by atoms with Crippen LogP contribution in [0, 0.1) is 11.3 Å². The normalized spacial score (nSPS) is 28.4. The number of aliphatic hydroxyl groups is 1. The summed E-state index contributed by atoms with van der Waals surface area (Å²) in [5.41, 5.74) is 0.376. The van der Waals surface area contributed by atoms with Gasteiger partial charge in [-0.15, -0.1) is 0 Å². The van der Waals surface area contributed by atoms with E-state index in [9.17, 15) is 5.11 Å². The first-order valence-electron chi connectivity index (χ1n) is 8.31. The maximum Gasteiger partial charge on any atom is 0.0555 e. The minimum atomic E-state index is -0.0970. The highest BCUT2D eigenvalue weighted by Crippen LogP contribution is 2.42. The second-order valence-corrected chi connectivity index (χ2v) is 7.62. The molecule has 1 rings (SSSR count). The van der Waals surface area contributed by atoms with E-state index >= 15 is 0 Å². The fraction of sp³-hybridized carbons (Fsp3) is 1.00. The van der Waals surface area contributed by atoms with Gasteiger partial charge in [0.2, 0.25) is 0 Å². The van der Waals surface area contributed by atoms with E-state index in [2.05, 4.69) is 51.7 Å². The monoisotopic (exact) mass is 284 g/mol. The zero-order chi connectivity index (χ0) is 15.3. The third-order valence-corrected chi connectivity index (χ3v) is 5.39. The van der Waals surface area contributed by atoms with Gasteiger partial charge < -0.3 is 14.9 Å². The van der Waals surface area contributed by atoms with Crippen LogP contribution in [-0.4, -0.2) is 61.3 Å². The highest BCUT2D eigenvalue weighted by atomic mass is 16.3. The Morgan fingerprint density at radius 3 is 2.30 bits per heavy atom. The average Bonchev–Trinajstić information content (AvgIpc) is 2.37. The van der Waals surface area contributed by atoms with Crippen molar-refractivity contribution in [3.8, 4) is 0 Å². The van der Waals surface area contributed by atoms with Gasteiger partial charge in [0.1, 0.15) is 0 Å². The molecule has 1 aliphatic carbocycles. The minimum Gasteiger partial charge on any atom is -0.393 e. The summed E-state index contributed by atoms with van der Waals surface area (Å²) in [7, 11) is 6.51. The molecule has 0 aromatic heterocycles. The second kappa shape index (κ2) is 7.77. The van der Waals surface area contributed by atoms with Crippen molar-refractivity contribution in [3.05, 3.63) is 0 Å². The summed E-state index contributed by atoms with van der Waals surface area (Å²) in [6.07, 6.45) is 5.43. The molecule has 0 saturated heterocycles. The summed E-state index contributed by atoms with van der Waals surface area (Å²) >= 11 is 0. The number of hydrogen-bond donors (Lipinski definition) is 1. The smallest absolute Gasteiger partial charge is 0.0555 e. The molecule has 1 fully saturated rings. The van der Waals surface area contributed by atoms with Crippen molar-refractivity contribution >= 4 is 0 Å². The van der Waals surface area contributed by atoms with Crippen LogP contribution in [0.3, 0.4) is 0 Å². The topological polar surface area (TPSA) is 26.7 Å². The summed E-state index contributed by atoms with van der Waals surface area (Å²) in [6, 6.07) is 0.538. The predicted molar refractivity (Wildman–Crippen MR) is 87.0 cm³/mol. The van der Waals surface area contributed by atoms with Crippen LogP contribution in [0.2, 0.25) is 0 Å². The molecule has 0 aromatic carbocycles. The van der Waals surface area contributed by atoms with Crippen LogP contribution in [-0.2, 0) is 0 Å². The molecule has 3 unspecified atom stereocenters. The first kappa shape index (κ1) is 17.9. The Labute approximate surface area is 126 Å². The molecule has 3 heteroatoms. The van der Waals surface area contributed by atoms with Gasteiger partial charge in [-0.25, -0.2) is 0 Å². The van der Waals surface area contributed by atoms with Gasteiger partial charge in [-0.2, -0.15) is 0 Å². The standard InChI is InChI=1S/C17H36N2O/c1-7-17(2,3)15-10-9-14(20)13-16(15)19(6)12-8-11-18(4)5/h14-16,20H,7-13H2,1-6H3. The Hall–Kier alpha value is -0.120. The summed E-state index contributed by atoms with van der Waals surface area (Å²) in [5, 5.41) is 10.1. The van der Waals surface area contributed by atoms with E-state index in [-0.39, 0.29) is 6.10 Å². The van der Waals surface area contributed by atoms with Crippen molar-refractivity contribution in [2.45, 2.75) is 65.0 Å². The van der Waals surface area contributed by atoms with Gasteiger partial charge in [0.25, 0.3) is 0 Å². The van der Waals surface area contributed by atoms with E-state index in [4.69, 9.17) is 0 Å². The minimum absolute atomic E-state index is 0.0970. The molecule has 0 amide bonds. The fourth-order valence-corrected chi connectivity index (χ4v) is 3.59. The first-order chi connectivity index (χ1) is 9.27. The van der Waals surface area contributed by atoms with E-state index in [0.717, 1.165) is 25.9 Å². The Bertz CT molecular complexity index is 278. The lowest BCUT2D eigenvalue weighted by Crippen LogP contribution is -2.49. The van der Waals surface area contributed by atoms with Crippen molar-refractivity contribution in [1.29, 1.82) is 0 Å². The zero-order valence-electron chi connectivity index (χ0n) is 14.5. The highest BCUT2D eigenvalue weighted by molar-refractivity contribution is 4.92. The molecule has 0 bridgehead atoms. The predicted octanol–water partition coefficient (Wildman–Crippen LogP) is 2.84. The van der Waals surface area contributed by atoms with Crippen LogP contribution in [0.25, 0.3) is 0 Å². The summed E-state index contributed by atoms with van der Waals surface area (Å²) < 4.78 is 0. The van der Waals surface area contributed by atoms with E-state index in [1.54, 1.807) is 0 Å². The van der Waals surface area contributed by atoms with Gasteiger partial charge in [0, 0.05) is 6.04 Å². The largest absolute Gasteiger partial charge is 0.393 e. The molecule has 0 heterocycles. The number of nitrogens with zero attached hydrogens (tertiary/aromatic N) is 2. The van der Waals surface area contributed by atoms with E-state index < -0.39 is 0 Å². The molecule has 1 aliphatic rings. The lowest BCUT2D eigenvalue weighted by molar-refractivity contribution is -0.00980. The number of rotatable bonds is 7.